The van der Waals surface area contributed by atoms with Crippen molar-refractivity contribution in [3.63, 3.8) is 0 Å². The number of carboxylic acid groups (broad SMARTS) is 1. The molecular formula is C102H155N13O24. The Labute approximate surface area is 818 Å². The molecule has 0 spiro atoms. The van der Waals surface area contributed by atoms with Gasteiger partial charge in [0.1, 0.15) is 42.1 Å². The van der Waals surface area contributed by atoms with Crippen LogP contribution in [0, 0.1) is 54.3 Å². The van der Waals surface area contributed by atoms with E-state index in [2.05, 4.69) is 67.1 Å². The maximum absolute atomic E-state index is 14.8. The van der Waals surface area contributed by atoms with Gasteiger partial charge in [-0.1, -0.05) is 131 Å². The molecule has 0 aliphatic carbocycles. The summed E-state index contributed by atoms with van der Waals surface area (Å²) in [6.45, 7) is 30.2. The second-order valence-corrected chi connectivity index (χ2v) is 38.1. The molecule has 139 heavy (non-hydrogen) atoms. The second-order valence-electron chi connectivity index (χ2n) is 38.1. The molecule has 3 aliphatic rings. The van der Waals surface area contributed by atoms with E-state index in [-0.39, 0.29) is 147 Å². The fourth-order valence-corrected chi connectivity index (χ4v) is 18.3. The van der Waals surface area contributed by atoms with Gasteiger partial charge in [-0.15, -0.1) is 0 Å². The van der Waals surface area contributed by atoms with E-state index < -0.39 is 109 Å². The number of urea groups is 1. The van der Waals surface area contributed by atoms with E-state index in [0.717, 1.165) is 62.0 Å². The molecule has 5 heterocycles. The number of anilines is 2. The first kappa shape index (κ1) is 116. The third-order valence-corrected chi connectivity index (χ3v) is 26.7. The lowest BCUT2D eigenvalue weighted by Gasteiger charge is -2.41. The van der Waals surface area contributed by atoms with Crippen molar-refractivity contribution < 1.29 is 116 Å². The number of amides is 9. The third kappa shape index (κ3) is 34.7. The van der Waals surface area contributed by atoms with Crippen LogP contribution in [0.25, 0.3) is 11.0 Å². The van der Waals surface area contributed by atoms with E-state index in [9.17, 15) is 83.1 Å². The smallest absolute Gasteiger partial charge is 0.410 e. The van der Waals surface area contributed by atoms with Gasteiger partial charge in [0.05, 0.1) is 81.7 Å². The molecule has 37 heteroatoms. The Balaban J connectivity index is 0.000000406. The molecule has 37 nitrogen and oxygen atoms in total. The Kier molecular flexibility index (Phi) is 47.8. The number of aliphatic hydroxyl groups is 4. The molecule has 5 aromatic rings. The summed E-state index contributed by atoms with van der Waals surface area (Å²) in [5, 5.41) is 65.9. The van der Waals surface area contributed by atoms with Crippen LogP contribution in [-0.2, 0) is 96.1 Å². The van der Waals surface area contributed by atoms with Crippen molar-refractivity contribution in [2.45, 2.75) is 272 Å². The van der Waals surface area contributed by atoms with Gasteiger partial charge < -0.3 is 120 Å². The topological polar surface area (TPSA) is 491 Å². The standard InChI is InChI=1S/C63H99N7O13.C39H56N6O11/c1-16-40(8)57(53(81-14)35-54(75)70-31-21-25-49(70)59(82-15)42(10)50(72)32-41(9)58(76)45-22-18-17-19-23-45)68(12)61(78)48(37(2)3)34-52(74)56(39(6)7)69(13)63(80)83-36-44-26-28-47(29-27-44)67-60(77)46(24-20-30-65-62(64)79)33-51(73)55(38(4)5)66-43(11)71;1-4-43(3)24-29-22-26-6-5-13-41-37(26)45(29)17-11-32(47)44-15-9-27(10-16-44)40-14-19-54-21-20-53-18-12-31(46)42-28-8-7-25(2)30(23-28)55-39-35(50)33(48)34(49)36(56-39)38(51)52/h17-19,22-23,26-29,37-42,46,48-49,53,55-59,76H,16,20-21,24-25,30-36H2,1-15H3,(H,66,71)(H,67,77)(H3,64,65,79);5-8,13,22-23,27,33-36,39-40,48-50H,4,9-12,14-21,24H2,1-3H3,(H,42,46)(H,51,52)/t40-,41-,42-,46+,48-,49-,53+,55-,56-,57-,58+,59+;33-,34-,35+,36-,39+/m00/s1. The number of rotatable bonds is 55. The molecular weight excluding hydrogens is 1790 g/mol. The lowest BCUT2D eigenvalue weighted by Crippen LogP contribution is -2.61. The zero-order valence-electron chi connectivity index (χ0n) is 84.4. The number of nitrogens with zero attached hydrogens (tertiary/aromatic N) is 7. The molecule has 3 aliphatic heterocycles. The normalized spacial score (nSPS) is 19.2. The van der Waals surface area contributed by atoms with Gasteiger partial charge in [-0.05, 0) is 142 Å². The highest BCUT2D eigenvalue weighted by atomic mass is 16.7. The summed E-state index contributed by atoms with van der Waals surface area (Å²) in [6, 6.07) is 23.7. The molecule has 772 valence electrons. The first-order valence-corrected chi connectivity index (χ1v) is 48.8. The number of Topliss-reactive ketones (excluding diaryl/α,β-unsaturated/α-hetero) is 3. The van der Waals surface area contributed by atoms with Crippen molar-refractivity contribution in [2.24, 2.45) is 53.1 Å². The molecule has 0 unspecified atom stereocenters. The maximum Gasteiger partial charge on any atom is 0.410 e. The minimum atomic E-state index is -1.83. The van der Waals surface area contributed by atoms with Crippen molar-refractivity contribution in [2.75, 3.05) is 112 Å². The zero-order valence-corrected chi connectivity index (χ0v) is 84.4. The number of carbonyl (C=O) groups excluding carboxylic acids is 11. The van der Waals surface area contributed by atoms with Crippen molar-refractivity contribution in [1.29, 1.82) is 0 Å². The molecule has 3 saturated heterocycles. The molecule has 12 N–H and O–H groups in total. The summed E-state index contributed by atoms with van der Waals surface area (Å²) in [7, 11) is 8.35. The number of carboxylic acids is 1. The zero-order chi connectivity index (χ0) is 103. The first-order valence-electron chi connectivity index (χ1n) is 48.8. The number of likely N-dealkylation sites (tertiary alicyclic amines) is 2. The molecule has 3 aromatic carbocycles. The molecule has 8 rings (SSSR count). The molecule has 17 atom stereocenters. The fourth-order valence-electron chi connectivity index (χ4n) is 18.3. The number of fused-ring (bicyclic) bond motifs is 1. The Morgan fingerprint density at radius 2 is 1.35 bits per heavy atom. The van der Waals surface area contributed by atoms with Gasteiger partial charge >= 0.3 is 18.1 Å². The Hall–Kier alpha value is -10.4. The van der Waals surface area contributed by atoms with Crippen LogP contribution in [0.2, 0.25) is 0 Å². The summed E-state index contributed by atoms with van der Waals surface area (Å²) in [6.07, 6.45) is -5.09. The number of aromatic nitrogens is 2. The number of hydrogen-bond donors (Lipinski definition) is 11. The quantitative estimate of drug-likeness (QED) is 0.0162. The van der Waals surface area contributed by atoms with Crippen molar-refractivity contribution in [3.05, 3.63) is 120 Å². The van der Waals surface area contributed by atoms with Crippen molar-refractivity contribution >= 4 is 93.3 Å². The predicted molar refractivity (Wildman–Crippen MR) is 523 cm³/mol. The van der Waals surface area contributed by atoms with Gasteiger partial charge in [-0.2, -0.15) is 0 Å². The number of aliphatic hydroxyl groups excluding tert-OH is 4. The number of carbonyl (C=O) groups is 12. The number of hydrogen-bond acceptors (Lipinski definition) is 26. The van der Waals surface area contributed by atoms with Crippen LogP contribution in [0.4, 0.5) is 21.0 Å². The van der Waals surface area contributed by atoms with Crippen LogP contribution in [0.1, 0.15) is 195 Å². The molecule has 2 aromatic heterocycles. The summed E-state index contributed by atoms with van der Waals surface area (Å²) in [5.74, 6) is -6.89. The third-order valence-electron chi connectivity index (χ3n) is 26.7. The number of pyridine rings is 1. The van der Waals surface area contributed by atoms with Crippen LogP contribution in [-0.4, -0.2) is 305 Å². The monoisotopic (exact) mass is 1950 g/mol. The minimum Gasteiger partial charge on any atom is -0.479 e. The van der Waals surface area contributed by atoms with Gasteiger partial charge in [0.2, 0.25) is 41.7 Å². The number of likely N-dealkylation sites (N-methyl/N-ethyl adjacent to an activating group) is 2. The number of aryl methyl sites for hydroxylation is 2. The van der Waals surface area contributed by atoms with Gasteiger partial charge in [-0.3, -0.25) is 43.2 Å². The minimum absolute atomic E-state index is 0.0430. The van der Waals surface area contributed by atoms with Crippen molar-refractivity contribution in [1.82, 2.24) is 50.0 Å². The number of ketones is 3. The Morgan fingerprint density at radius 1 is 0.676 bits per heavy atom. The highest BCUT2D eigenvalue weighted by Gasteiger charge is 2.49. The summed E-state index contributed by atoms with van der Waals surface area (Å²) in [5.41, 5.74) is 10.0. The molecule has 3 fully saturated rings. The summed E-state index contributed by atoms with van der Waals surface area (Å²) >= 11 is 0. The van der Waals surface area contributed by atoms with Crippen LogP contribution < -0.4 is 37.1 Å². The van der Waals surface area contributed by atoms with E-state index in [0.29, 0.717) is 93.7 Å². The number of primary amides is 1. The number of nitrogens with one attached hydrogen (secondary N) is 5. The number of aliphatic carboxylic acids is 1. The lowest BCUT2D eigenvalue weighted by molar-refractivity contribution is -0.271. The largest absolute Gasteiger partial charge is 0.479 e. The summed E-state index contributed by atoms with van der Waals surface area (Å²) in [4.78, 5) is 172. The number of piperidine rings is 1. The van der Waals surface area contributed by atoms with E-state index in [4.69, 9.17) is 38.9 Å². The Bertz CT molecular complexity index is 4760. The van der Waals surface area contributed by atoms with E-state index in [1.54, 1.807) is 87.3 Å². The highest BCUT2D eigenvalue weighted by molar-refractivity contribution is 5.98. The molecule has 0 bridgehead atoms. The molecule has 0 saturated carbocycles. The maximum atomic E-state index is 14.8. The van der Waals surface area contributed by atoms with Crippen LogP contribution in [0.15, 0.2) is 97.2 Å². The number of ether oxygens (including phenoxy) is 7. The van der Waals surface area contributed by atoms with Crippen molar-refractivity contribution in [3.8, 4) is 5.75 Å². The highest BCUT2D eigenvalue weighted by Crippen LogP contribution is 2.36. The van der Waals surface area contributed by atoms with E-state index in [1.165, 1.54) is 37.7 Å². The van der Waals surface area contributed by atoms with Crippen LogP contribution in [0.5, 0.6) is 5.75 Å². The van der Waals surface area contributed by atoms with Gasteiger partial charge in [0.15, 0.2) is 17.7 Å². The fraction of sp³-hybridized carbons (Fsp3) is 0.637. The van der Waals surface area contributed by atoms with Gasteiger partial charge in [-0.25, -0.2) is 19.4 Å². The number of benzene rings is 3. The Morgan fingerprint density at radius 3 is 1.97 bits per heavy atom. The first-order chi connectivity index (χ1) is 66.0. The van der Waals surface area contributed by atoms with Crippen LogP contribution >= 0.6 is 0 Å². The van der Waals surface area contributed by atoms with Gasteiger partial charge in [0, 0.05) is 165 Å². The predicted octanol–water partition coefficient (Wildman–Crippen LogP) is 8.98. The number of methoxy groups -OCH3 is 2. The van der Waals surface area contributed by atoms with Gasteiger partial charge in [0.25, 0.3) is 0 Å². The molecule has 0 radical (unpaired) electrons. The molecule has 9 amide bonds. The van der Waals surface area contributed by atoms with E-state index >= 15 is 0 Å². The average Bonchev–Trinajstić information content (AvgIpc) is 1.74. The number of nitrogens with two attached hydrogens (primary N) is 1. The van der Waals surface area contributed by atoms with E-state index in [1.807, 2.05) is 96.7 Å². The SMILES string of the molecule is CCN(C)Cc1cc2cccnc2n1CCC(=O)N1CCC(NCCOCCOCCC(=O)Nc2ccc(C)c(O[C@@H]3O[C@H](C(=O)O)[C@@H](O)[C@H](O)[C@H]3O)c2)CC1.CC[C@H](C)[C@@H]([C@@H](CC(=O)N1CCC[C@H]1[C@H](OC)[C@@H](C)C(=O)C[C@H](C)[C@@H](O)c1ccccc1)OC)N(C)C(=O)[C@@H](CC(=O)[C@H](C(C)C)N(C)C(=O)OCc1ccc(NC(=O)[C@H](CCCNC(N)=O)CC(=O)[C@@H](NC(C)=O)C(C)C)cc1)C(C)C. The lowest BCUT2D eigenvalue weighted by atomic mass is 9.83. The van der Waals surface area contributed by atoms with Crippen LogP contribution in [0.3, 0.4) is 0 Å². The average molecular weight is 1950 g/mol. The summed E-state index contributed by atoms with van der Waals surface area (Å²) < 4.78 is 42.1. The second kappa shape index (κ2) is 57.5.